The Labute approximate surface area is 219 Å². The maximum atomic E-state index is 10.5. The van der Waals surface area contributed by atoms with E-state index in [-0.39, 0.29) is 5.97 Å². The number of hydrogen-bond donors (Lipinski definition) is 6. The molecule has 214 valence electrons. The molecule has 1 fully saturated rings. The van der Waals surface area contributed by atoms with Crippen LogP contribution in [0.3, 0.4) is 0 Å². The van der Waals surface area contributed by atoms with Crippen LogP contribution in [0.2, 0.25) is 0 Å². The second kappa shape index (κ2) is 39.0. The molecule has 6 N–H and O–H groups in total. The smallest absolute Gasteiger partial charge is 0.327 e. The van der Waals surface area contributed by atoms with Crippen molar-refractivity contribution in [3.63, 3.8) is 0 Å². The number of carboxylic acid groups (broad SMARTS) is 6. The molecule has 14 nitrogen and oxygen atoms in total. The fourth-order valence-corrected chi connectivity index (χ4v) is 0.806. The van der Waals surface area contributed by atoms with Crippen LogP contribution in [0.4, 0.5) is 0 Å². The Hall–Kier alpha value is -5.27. The number of esters is 1. The van der Waals surface area contributed by atoms with Crippen LogP contribution in [-0.2, 0) is 38.3 Å². The summed E-state index contributed by atoms with van der Waals surface area (Å²) in [6.45, 7) is 18.4. The molecule has 1 aliphatic rings. The van der Waals surface area contributed by atoms with E-state index in [1.165, 1.54) is 0 Å². The number of aliphatic carboxylic acids is 6. The topological polar surface area (TPSA) is 250 Å². The molecule has 0 aromatic carbocycles. The second-order valence-electron chi connectivity index (χ2n) is 5.29. The van der Waals surface area contributed by atoms with E-state index < -0.39 is 35.8 Å². The second-order valence-corrected chi connectivity index (χ2v) is 5.29. The van der Waals surface area contributed by atoms with E-state index >= 15 is 0 Å². The third kappa shape index (κ3) is 110. The third-order valence-corrected chi connectivity index (χ3v) is 2.34. The maximum absolute atomic E-state index is 10.5. The van der Waals surface area contributed by atoms with E-state index in [0.29, 0.717) is 13.0 Å². The van der Waals surface area contributed by atoms with Crippen LogP contribution < -0.4 is 0 Å². The standard InChI is InChI=1S/C6H10O2.6C3H4O2/c7-6-4-2-1-3-5-8-6;6*1-2-3(4)5/h1-5H2;6*2H,1H2,(H,4,5). The molecule has 0 radical (unpaired) electrons. The van der Waals surface area contributed by atoms with Crippen LogP contribution in [0.1, 0.15) is 25.7 Å². The minimum absolute atomic E-state index is 0.0255. The average Bonchev–Trinajstić information content (AvgIpc) is 3.13. The van der Waals surface area contributed by atoms with Crippen molar-refractivity contribution in [2.75, 3.05) is 6.61 Å². The molecule has 1 aliphatic heterocycles. The van der Waals surface area contributed by atoms with Crippen molar-refractivity contribution in [3.8, 4) is 0 Å². The summed E-state index contributed by atoms with van der Waals surface area (Å²) in [5.74, 6) is -5.91. The van der Waals surface area contributed by atoms with E-state index in [1.54, 1.807) is 0 Å². The molecule has 14 heteroatoms. The van der Waals surface area contributed by atoms with Gasteiger partial charge in [-0.1, -0.05) is 39.5 Å². The minimum Gasteiger partial charge on any atom is -0.478 e. The monoisotopic (exact) mass is 546 g/mol. The van der Waals surface area contributed by atoms with Crippen molar-refractivity contribution >= 4 is 41.8 Å². The summed E-state index contributed by atoms with van der Waals surface area (Å²) in [6.07, 6.45) is 8.83. The highest BCUT2D eigenvalue weighted by molar-refractivity contribution is 5.80. The molecule has 0 aromatic rings. The number of ether oxygens (including phenoxy) is 1. The highest BCUT2D eigenvalue weighted by Crippen LogP contribution is 2.06. The molecule has 0 atom stereocenters. The van der Waals surface area contributed by atoms with E-state index in [9.17, 15) is 33.6 Å². The SMILES string of the molecule is C=CC(=O)O.C=CC(=O)O.C=CC(=O)O.C=CC(=O)O.C=CC(=O)O.C=CC(=O)O.O=C1CCCCCO1. The van der Waals surface area contributed by atoms with Gasteiger partial charge in [0.15, 0.2) is 0 Å². The minimum atomic E-state index is -0.981. The zero-order valence-corrected chi connectivity index (χ0v) is 20.7. The molecule has 1 rings (SSSR count). The Balaban J connectivity index is -0.0000000795. The van der Waals surface area contributed by atoms with Crippen molar-refractivity contribution in [1.82, 2.24) is 0 Å². The zero-order valence-electron chi connectivity index (χ0n) is 20.7. The van der Waals surface area contributed by atoms with Gasteiger partial charge in [0.1, 0.15) is 0 Å². The van der Waals surface area contributed by atoms with Gasteiger partial charge in [-0.15, -0.1) is 0 Å². The molecular weight excluding hydrogens is 512 g/mol. The number of carboxylic acids is 6. The lowest BCUT2D eigenvalue weighted by Crippen LogP contribution is -2.00. The van der Waals surface area contributed by atoms with Crippen LogP contribution in [0.5, 0.6) is 0 Å². The van der Waals surface area contributed by atoms with Crippen LogP contribution in [-0.4, -0.2) is 79.0 Å². The van der Waals surface area contributed by atoms with E-state index in [0.717, 1.165) is 55.7 Å². The predicted octanol–water partition coefficient (Wildman–Crippen LogP) is 2.65. The van der Waals surface area contributed by atoms with E-state index in [2.05, 4.69) is 39.5 Å². The van der Waals surface area contributed by atoms with E-state index in [1.807, 2.05) is 0 Å². The molecule has 0 spiro atoms. The number of carbonyl (C=O) groups is 7. The lowest BCUT2D eigenvalue weighted by atomic mass is 10.2. The van der Waals surface area contributed by atoms with Crippen LogP contribution in [0.25, 0.3) is 0 Å². The largest absolute Gasteiger partial charge is 0.478 e. The zero-order chi connectivity index (χ0) is 31.5. The predicted molar refractivity (Wildman–Crippen MR) is 136 cm³/mol. The molecule has 0 saturated carbocycles. The Morgan fingerprint density at radius 3 is 0.895 bits per heavy atom. The van der Waals surface area contributed by atoms with Gasteiger partial charge in [0.25, 0.3) is 0 Å². The first kappa shape index (κ1) is 46.1. The Kier molecular flexibility index (Phi) is 47.3. The summed E-state index contributed by atoms with van der Waals surface area (Å²) in [5.41, 5.74) is 0. The highest BCUT2D eigenvalue weighted by atomic mass is 16.5. The molecule has 38 heavy (non-hydrogen) atoms. The lowest BCUT2D eigenvalue weighted by Gasteiger charge is -1.93. The summed E-state index contributed by atoms with van der Waals surface area (Å²) >= 11 is 0. The summed E-state index contributed by atoms with van der Waals surface area (Å²) < 4.78 is 4.76. The fraction of sp³-hybridized carbons (Fsp3) is 0.208. The number of hydrogen-bond acceptors (Lipinski definition) is 8. The van der Waals surface area contributed by atoms with Crippen molar-refractivity contribution in [3.05, 3.63) is 75.9 Å². The van der Waals surface area contributed by atoms with Gasteiger partial charge in [0.2, 0.25) is 0 Å². The van der Waals surface area contributed by atoms with Crippen molar-refractivity contribution in [2.24, 2.45) is 0 Å². The summed E-state index contributed by atoms with van der Waals surface area (Å²) in [7, 11) is 0. The van der Waals surface area contributed by atoms with Crippen LogP contribution in [0.15, 0.2) is 75.9 Å². The highest BCUT2D eigenvalue weighted by Gasteiger charge is 2.05. The first-order valence-corrected chi connectivity index (χ1v) is 9.80. The van der Waals surface area contributed by atoms with Crippen molar-refractivity contribution in [1.29, 1.82) is 0 Å². The van der Waals surface area contributed by atoms with Gasteiger partial charge >= 0.3 is 41.8 Å². The summed E-state index contributed by atoms with van der Waals surface area (Å²) in [5, 5.41) is 45.6. The molecule has 0 aromatic heterocycles. The molecule has 0 aliphatic carbocycles. The van der Waals surface area contributed by atoms with Gasteiger partial charge in [0.05, 0.1) is 6.61 Å². The average molecular weight is 547 g/mol. The Bertz CT molecular complexity index is 644. The fourth-order valence-electron chi connectivity index (χ4n) is 0.806. The van der Waals surface area contributed by atoms with Crippen LogP contribution >= 0.6 is 0 Å². The van der Waals surface area contributed by atoms with Crippen molar-refractivity contribution < 1.29 is 68.9 Å². The molecule has 1 saturated heterocycles. The normalized spacial score (nSPS) is 9.63. The number of rotatable bonds is 6. The first-order chi connectivity index (χ1) is 17.5. The van der Waals surface area contributed by atoms with Gasteiger partial charge in [-0.3, -0.25) is 4.79 Å². The van der Waals surface area contributed by atoms with Crippen LogP contribution in [0, 0.1) is 0 Å². The van der Waals surface area contributed by atoms with E-state index in [4.69, 9.17) is 35.4 Å². The molecule has 0 bridgehead atoms. The summed E-state index contributed by atoms with van der Waals surface area (Å²) in [6, 6.07) is 0. The summed E-state index contributed by atoms with van der Waals surface area (Å²) in [4.78, 5) is 66.0. The maximum Gasteiger partial charge on any atom is 0.327 e. The first-order valence-electron chi connectivity index (χ1n) is 9.80. The molecule has 1 heterocycles. The van der Waals surface area contributed by atoms with Gasteiger partial charge < -0.3 is 35.4 Å². The lowest BCUT2D eigenvalue weighted by molar-refractivity contribution is -0.143. The Morgan fingerprint density at radius 2 is 0.711 bits per heavy atom. The quantitative estimate of drug-likeness (QED) is 0.207. The molecule has 0 unspecified atom stereocenters. The van der Waals surface area contributed by atoms with Gasteiger partial charge in [-0.05, 0) is 19.3 Å². The van der Waals surface area contributed by atoms with Gasteiger partial charge in [-0.25, -0.2) is 28.8 Å². The Morgan fingerprint density at radius 1 is 0.500 bits per heavy atom. The third-order valence-electron chi connectivity index (χ3n) is 2.34. The van der Waals surface area contributed by atoms with Crippen molar-refractivity contribution in [2.45, 2.75) is 25.7 Å². The van der Waals surface area contributed by atoms with Gasteiger partial charge in [-0.2, -0.15) is 0 Å². The number of cyclic esters (lactones) is 1. The molecular formula is C24H34O14. The number of carbonyl (C=O) groups excluding carboxylic acids is 1. The molecule has 0 amide bonds. The van der Waals surface area contributed by atoms with Gasteiger partial charge in [0, 0.05) is 42.9 Å².